The molecule has 25 heavy (non-hydrogen) atoms. The molecule has 0 radical (unpaired) electrons. The van der Waals surface area contributed by atoms with Crippen molar-refractivity contribution in [1.82, 2.24) is 14.5 Å². The van der Waals surface area contributed by atoms with Gasteiger partial charge in [-0.25, -0.2) is 9.97 Å². The van der Waals surface area contributed by atoms with Crippen LogP contribution in [0.2, 0.25) is 0 Å². The smallest absolute Gasteiger partial charge is 0.215 e. The Hall–Kier alpha value is -2.33. The number of aliphatic imine (C=N–C) groups is 1. The van der Waals surface area contributed by atoms with Crippen LogP contribution in [0.25, 0.3) is 17.1 Å². The van der Waals surface area contributed by atoms with E-state index in [1.165, 1.54) is 20.4 Å². The second-order valence-corrected chi connectivity index (χ2v) is 6.26. The predicted octanol–water partition coefficient (Wildman–Crippen LogP) is 0.136. The molecule has 1 fully saturated rings. The number of hydrogen-bond acceptors (Lipinski definition) is 8. The Morgan fingerprint density at radius 1 is 1.36 bits per heavy atom. The van der Waals surface area contributed by atoms with E-state index in [2.05, 4.69) is 15.0 Å². The molecular weight excluding hydrogens is 328 g/mol. The van der Waals surface area contributed by atoms with Crippen LogP contribution in [0.3, 0.4) is 0 Å². The van der Waals surface area contributed by atoms with Gasteiger partial charge < -0.3 is 29.4 Å². The topological polar surface area (TPSA) is 122 Å². The molecule has 0 aliphatic carbocycles. The summed E-state index contributed by atoms with van der Waals surface area (Å²) in [5, 5.41) is 31.0. The van der Waals surface area contributed by atoms with Crippen molar-refractivity contribution >= 4 is 28.8 Å². The van der Waals surface area contributed by atoms with E-state index in [0.717, 1.165) is 5.56 Å². The predicted molar refractivity (Wildman–Crippen MR) is 88.3 cm³/mol. The van der Waals surface area contributed by atoms with Crippen LogP contribution in [0.1, 0.15) is 18.7 Å². The molecule has 4 heterocycles. The van der Waals surface area contributed by atoms with E-state index < -0.39 is 30.6 Å². The van der Waals surface area contributed by atoms with Crippen molar-refractivity contribution in [1.29, 1.82) is 0 Å². The molecule has 2 aromatic rings. The molecule has 4 rings (SSSR count). The van der Waals surface area contributed by atoms with E-state index >= 15 is 0 Å². The average molecular weight is 346 g/mol. The summed E-state index contributed by atoms with van der Waals surface area (Å²) in [6.07, 6.45) is 3.60. The van der Waals surface area contributed by atoms with Crippen LogP contribution >= 0.6 is 0 Å². The summed E-state index contributed by atoms with van der Waals surface area (Å²) in [4.78, 5) is 12.8. The summed E-state index contributed by atoms with van der Waals surface area (Å²) in [5.74, 6) is 0.861. The fraction of sp³-hybridized carbons (Fsp3) is 0.438. The number of nitrogens with zero attached hydrogens (tertiary/aromatic N) is 4. The highest BCUT2D eigenvalue weighted by molar-refractivity contribution is 6.04. The van der Waals surface area contributed by atoms with Crippen molar-refractivity contribution in [3.05, 3.63) is 24.2 Å². The first-order chi connectivity index (χ1) is 12.0. The lowest BCUT2D eigenvalue weighted by Crippen LogP contribution is -2.44. The van der Waals surface area contributed by atoms with Crippen LogP contribution in [-0.2, 0) is 9.47 Å². The molecule has 9 nitrogen and oxygen atoms in total. The summed E-state index contributed by atoms with van der Waals surface area (Å²) in [6.45, 7) is 1.07. The van der Waals surface area contributed by atoms with Crippen LogP contribution in [-0.4, -0.2) is 67.3 Å². The molecule has 2 aliphatic rings. The molecule has 0 aromatic carbocycles. The molecule has 0 spiro atoms. The van der Waals surface area contributed by atoms with Gasteiger partial charge in [-0.05, 0) is 13.0 Å². The van der Waals surface area contributed by atoms with Gasteiger partial charge in [0.25, 0.3) is 0 Å². The first-order valence-electron chi connectivity index (χ1n) is 7.80. The molecule has 2 aliphatic heterocycles. The average Bonchev–Trinajstić information content (AvgIpc) is 2.99. The molecule has 4 atom stereocenters. The SMILES string of the molecule is COC1=Nc2ncnc3c2c(cn3[C@@H]2O[C@H](CO)[C@@H](O)[C@@]2(C)O)C=C1. The fourth-order valence-corrected chi connectivity index (χ4v) is 3.29. The molecule has 2 aromatic heterocycles. The lowest BCUT2D eigenvalue weighted by atomic mass is 9.96. The minimum atomic E-state index is -1.60. The van der Waals surface area contributed by atoms with Gasteiger partial charge in [0.1, 0.15) is 29.8 Å². The van der Waals surface area contributed by atoms with Crippen molar-refractivity contribution in [2.45, 2.75) is 31.0 Å². The van der Waals surface area contributed by atoms with Gasteiger partial charge in [0, 0.05) is 17.8 Å². The number of ether oxygens (including phenoxy) is 2. The summed E-state index contributed by atoms with van der Waals surface area (Å²) in [6, 6.07) is 0. The third kappa shape index (κ3) is 2.28. The van der Waals surface area contributed by atoms with E-state index in [0.29, 0.717) is 22.7 Å². The largest absolute Gasteiger partial charge is 0.481 e. The van der Waals surface area contributed by atoms with Gasteiger partial charge >= 0.3 is 0 Å². The molecule has 3 N–H and O–H groups in total. The molecule has 0 amide bonds. The highest BCUT2D eigenvalue weighted by atomic mass is 16.6. The Bertz CT molecular complexity index is 888. The van der Waals surface area contributed by atoms with E-state index in [4.69, 9.17) is 9.47 Å². The molecule has 132 valence electrons. The van der Waals surface area contributed by atoms with Gasteiger partial charge in [-0.15, -0.1) is 0 Å². The number of hydrogen-bond donors (Lipinski definition) is 3. The monoisotopic (exact) mass is 346 g/mol. The summed E-state index contributed by atoms with van der Waals surface area (Å²) in [7, 11) is 1.53. The van der Waals surface area contributed by atoms with Crippen molar-refractivity contribution in [3.8, 4) is 0 Å². The Morgan fingerprint density at radius 2 is 2.16 bits per heavy atom. The minimum Gasteiger partial charge on any atom is -0.481 e. The zero-order valence-electron chi connectivity index (χ0n) is 13.7. The quantitative estimate of drug-likeness (QED) is 0.707. The third-order valence-corrected chi connectivity index (χ3v) is 4.64. The summed E-state index contributed by atoms with van der Waals surface area (Å²) < 4.78 is 12.5. The second kappa shape index (κ2) is 5.60. The van der Waals surface area contributed by atoms with Gasteiger partial charge in [-0.2, -0.15) is 4.99 Å². The minimum absolute atomic E-state index is 0.401. The van der Waals surface area contributed by atoms with E-state index in [9.17, 15) is 15.3 Å². The molecule has 0 bridgehead atoms. The second-order valence-electron chi connectivity index (χ2n) is 6.26. The van der Waals surface area contributed by atoms with Gasteiger partial charge in [-0.1, -0.05) is 0 Å². The Morgan fingerprint density at radius 3 is 2.84 bits per heavy atom. The standard InChI is InChI=1S/C16H18N4O5/c1-16(23)12(22)9(6-21)25-15(16)20-5-8-3-4-10(24-2)19-13-11(8)14(20)18-7-17-13/h3-5,7,9,12,15,21-23H,6H2,1-2H3/t9-,12-,15-,16-/m1/s1. The van der Waals surface area contributed by atoms with Gasteiger partial charge in [0.2, 0.25) is 5.90 Å². The van der Waals surface area contributed by atoms with E-state index in [1.54, 1.807) is 16.8 Å². The van der Waals surface area contributed by atoms with Crippen LogP contribution in [0.5, 0.6) is 0 Å². The van der Waals surface area contributed by atoms with Crippen molar-refractivity contribution in [2.75, 3.05) is 13.7 Å². The first kappa shape index (κ1) is 16.2. The molecule has 1 saturated heterocycles. The van der Waals surface area contributed by atoms with Crippen LogP contribution in [0.4, 0.5) is 5.82 Å². The number of rotatable bonds is 2. The fourth-order valence-electron chi connectivity index (χ4n) is 3.29. The normalized spacial score (nSPS) is 31.2. The lowest BCUT2D eigenvalue weighted by Gasteiger charge is -2.27. The number of aliphatic hydroxyl groups excluding tert-OH is 2. The van der Waals surface area contributed by atoms with Crippen LogP contribution in [0.15, 0.2) is 23.6 Å². The highest BCUT2D eigenvalue weighted by Gasteiger charge is 2.53. The molecule has 9 heteroatoms. The maximum Gasteiger partial charge on any atom is 0.215 e. The molecular formula is C16H18N4O5. The molecule has 0 unspecified atom stereocenters. The zero-order valence-corrected chi connectivity index (χ0v) is 13.7. The van der Waals surface area contributed by atoms with Crippen LogP contribution < -0.4 is 0 Å². The Balaban J connectivity index is 1.89. The van der Waals surface area contributed by atoms with E-state index in [1.807, 2.05) is 6.08 Å². The molecule has 0 saturated carbocycles. The zero-order chi connectivity index (χ0) is 17.8. The van der Waals surface area contributed by atoms with Crippen molar-refractivity contribution in [3.63, 3.8) is 0 Å². The number of aliphatic hydroxyl groups is 3. The Kier molecular flexibility index (Phi) is 3.62. The third-order valence-electron chi connectivity index (χ3n) is 4.64. The highest BCUT2D eigenvalue weighted by Crippen LogP contribution is 2.41. The summed E-state index contributed by atoms with van der Waals surface area (Å²) in [5.41, 5.74) is -0.319. The van der Waals surface area contributed by atoms with Crippen molar-refractivity contribution < 1.29 is 24.8 Å². The Labute approximate surface area is 142 Å². The van der Waals surface area contributed by atoms with E-state index in [-0.39, 0.29) is 0 Å². The lowest BCUT2D eigenvalue weighted by molar-refractivity contribution is -0.0948. The first-order valence-corrected chi connectivity index (χ1v) is 7.80. The van der Waals surface area contributed by atoms with Crippen LogP contribution in [0, 0.1) is 0 Å². The van der Waals surface area contributed by atoms with Gasteiger partial charge in [0.15, 0.2) is 12.0 Å². The number of aromatic nitrogens is 3. The summed E-state index contributed by atoms with van der Waals surface area (Å²) >= 11 is 0. The maximum atomic E-state index is 10.7. The van der Waals surface area contributed by atoms with Gasteiger partial charge in [-0.3, -0.25) is 0 Å². The maximum absolute atomic E-state index is 10.7. The van der Waals surface area contributed by atoms with Crippen molar-refractivity contribution in [2.24, 2.45) is 4.99 Å². The number of methoxy groups -OCH3 is 1. The van der Waals surface area contributed by atoms with Gasteiger partial charge in [0.05, 0.1) is 19.1 Å².